The van der Waals surface area contributed by atoms with Crippen LogP contribution in [0.25, 0.3) is 11.2 Å². The zero-order valence-corrected chi connectivity index (χ0v) is 25.0. The minimum atomic E-state index is -5.92. The van der Waals surface area contributed by atoms with Gasteiger partial charge in [-0.2, -0.15) is 4.98 Å². The van der Waals surface area contributed by atoms with E-state index in [1.807, 2.05) is 0 Å². The van der Waals surface area contributed by atoms with E-state index in [0.29, 0.717) is 0 Å². The summed E-state index contributed by atoms with van der Waals surface area (Å²) in [6, 6.07) is 0. The molecule has 0 radical (unpaired) electrons. The summed E-state index contributed by atoms with van der Waals surface area (Å²) in [4.78, 5) is 57.6. The van der Waals surface area contributed by atoms with Crippen molar-refractivity contribution in [1.82, 2.24) is 19.5 Å². The van der Waals surface area contributed by atoms with Crippen molar-refractivity contribution < 1.29 is 72.1 Å². The maximum absolute atomic E-state index is 12.3. The van der Waals surface area contributed by atoms with Crippen LogP contribution in [0.15, 0.2) is 11.1 Å². The Bertz CT molecular complexity index is 1480. The van der Waals surface area contributed by atoms with E-state index in [4.69, 9.17) is 15.2 Å². The highest BCUT2D eigenvalue weighted by atomic mass is 33.1. The third-order valence-electron chi connectivity index (χ3n) is 5.97. The number of carbonyl (C=O) groups is 1. The molecule has 2 saturated heterocycles. The molecule has 2 aromatic heterocycles. The zero-order valence-electron chi connectivity index (χ0n) is 21.5. The summed E-state index contributed by atoms with van der Waals surface area (Å²) in [6.45, 7) is 0.173. The fourth-order valence-corrected chi connectivity index (χ4v) is 7.84. The SMILES string of the molecule is CC(=O)SSCC1OC(OP(=O)([O-])OP(=O)([O-])OCC2OC(n3cnc4c(=O)[nH]c(N)nc43)C(O)C2O)C(O)C(O)C1O. The lowest BCUT2D eigenvalue weighted by Gasteiger charge is -2.42. The van der Waals surface area contributed by atoms with Gasteiger partial charge < -0.3 is 55.1 Å². The normalized spacial score (nSPS) is 34.2. The number of aliphatic hydroxyl groups is 5. The first kappa shape index (κ1) is 34.4. The van der Waals surface area contributed by atoms with E-state index in [1.165, 1.54) is 6.92 Å². The van der Waals surface area contributed by atoms with Gasteiger partial charge in [0.2, 0.25) is 5.95 Å². The van der Waals surface area contributed by atoms with Crippen LogP contribution in [0.1, 0.15) is 13.2 Å². The standard InChI is InChI=1S/C18H27N5O16P2S2/c1-5(24)43-42-3-7-10(26)11(27)13(29)17(37-7)38-41(33,34)39-40(31,32)35-2-6-9(25)12(28)16(36-6)23-4-20-8-14(23)21-18(19)22-15(8)30/h4,6-7,9-13,16-17,25-29H,2-3H2,1H3,(H,31,32)(H,33,34)(H3,19,21,22,30)/p-2. The molecular weight excluding hydrogens is 668 g/mol. The van der Waals surface area contributed by atoms with Crippen molar-refractivity contribution in [2.45, 2.75) is 62.2 Å². The first-order valence-electron chi connectivity index (χ1n) is 11.9. The van der Waals surface area contributed by atoms with Gasteiger partial charge in [-0.1, -0.05) is 10.8 Å². The summed E-state index contributed by atoms with van der Waals surface area (Å²) in [5.74, 6) is -0.466. The van der Waals surface area contributed by atoms with Gasteiger partial charge in [-0.05, 0) is 10.8 Å². The molecule has 0 amide bonds. The van der Waals surface area contributed by atoms with Crippen molar-refractivity contribution in [1.29, 1.82) is 0 Å². The van der Waals surface area contributed by atoms with E-state index in [-0.39, 0.29) is 28.0 Å². The largest absolute Gasteiger partial charge is 0.756 e. The van der Waals surface area contributed by atoms with E-state index in [1.54, 1.807) is 0 Å². The number of nitrogens with one attached hydrogen (secondary N) is 1. The number of rotatable bonds is 11. The first-order valence-corrected chi connectivity index (χ1v) is 17.1. The Morgan fingerprint density at radius 3 is 2.44 bits per heavy atom. The smallest absolute Gasteiger partial charge is 0.280 e. The zero-order chi connectivity index (χ0) is 31.9. The molecule has 8 N–H and O–H groups in total. The number of phosphoric ester groups is 2. The Hall–Kier alpha value is -1.50. The van der Waals surface area contributed by atoms with Crippen LogP contribution in [0.3, 0.4) is 0 Å². The third-order valence-corrected chi connectivity index (χ3v) is 10.8. The Morgan fingerprint density at radius 2 is 1.77 bits per heavy atom. The minimum absolute atomic E-state index is 0.135. The molecule has 0 spiro atoms. The number of imidazole rings is 1. The molecule has 2 aliphatic heterocycles. The van der Waals surface area contributed by atoms with Crippen LogP contribution in [-0.4, -0.2) is 112 Å². The molecule has 11 unspecified atom stereocenters. The van der Waals surface area contributed by atoms with Crippen LogP contribution >= 0.6 is 37.2 Å². The lowest BCUT2D eigenvalue weighted by molar-refractivity contribution is -0.298. The molecule has 242 valence electrons. The molecule has 0 bridgehead atoms. The number of ether oxygens (including phenoxy) is 2. The molecule has 2 aromatic rings. The molecule has 43 heavy (non-hydrogen) atoms. The van der Waals surface area contributed by atoms with Crippen LogP contribution in [0.5, 0.6) is 0 Å². The van der Waals surface area contributed by atoms with Gasteiger partial charge in [0.1, 0.15) is 36.6 Å². The van der Waals surface area contributed by atoms with Crippen molar-refractivity contribution in [3.63, 3.8) is 0 Å². The van der Waals surface area contributed by atoms with E-state index < -0.39 is 83.1 Å². The Balaban J connectivity index is 1.37. The number of fused-ring (bicyclic) bond motifs is 1. The van der Waals surface area contributed by atoms with Gasteiger partial charge in [-0.25, -0.2) is 9.29 Å². The van der Waals surface area contributed by atoms with Crippen LogP contribution in [0.2, 0.25) is 0 Å². The average molecular weight is 693 g/mol. The summed E-state index contributed by atoms with van der Waals surface area (Å²) in [6.07, 6.45) is -15.0. The topological polar surface area (TPSA) is 334 Å². The molecule has 11 atom stereocenters. The Kier molecular flexibility index (Phi) is 10.8. The molecule has 4 rings (SSSR count). The molecule has 4 heterocycles. The molecule has 0 aromatic carbocycles. The summed E-state index contributed by atoms with van der Waals surface area (Å²) >= 11 is 0. The number of nitrogens with zero attached hydrogens (tertiary/aromatic N) is 3. The molecule has 2 aliphatic rings. The third kappa shape index (κ3) is 8.02. The number of H-pyrrole nitrogens is 1. The molecular formula is C18H25N5O16P2S2-2. The van der Waals surface area contributed by atoms with Crippen LogP contribution in [0.4, 0.5) is 5.95 Å². The van der Waals surface area contributed by atoms with E-state index in [2.05, 4.69) is 28.3 Å². The number of nitrogen functional groups attached to an aromatic ring is 1. The van der Waals surface area contributed by atoms with Gasteiger partial charge >= 0.3 is 0 Å². The summed E-state index contributed by atoms with van der Waals surface area (Å²) in [5, 5.41) is 50.7. The second-order valence-corrected chi connectivity index (χ2v) is 14.5. The predicted molar refractivity (Wildman–Crippen MR) is 139 cm³/mol. The Morgan fingerprint density at radius 1 is 1.09 bits per heavy atom. The lowest BCUT2D eigenvalue weighted by atomic mass is 10.0. The maximum atomic E-state index is 12.3. The average Bonchev–Trinajstić information content (AvgIpc) is 3.43. The van der Waals surface area contributed by atoms with E-state index in [0.717, 1.165) is 32.5 Å². The van der Waals surface area contributed by atoms with E-state index in [9.17, 15) is 54.0 Å². The number of aromatic nitrogens is 4. The summed E-state index contributed by atoms with van der Waals surface area (Å²) in [7, 11) is -10.1. The number of aliphatic hydroxyl groups excluding tert-OH is 5. The van der Waals surface area contributed by atoms with Crippen LogP contribution in [0, 0.1) is 0 Å². The van der Waals surface area contributed by atoms with Gasteiger partial charge in [-0.15, -0.1) is 0 Å². The highest BCUT2D eigenvalue weighted by molar-refractivity contribution is 8.82. The van der Waals surface area contributed by atoms with Gasteiger partial charge in [0, 0.05) is 12.7 Å². The second kappa shape index (κ2) is 13.5. The molecule has 21 nitrogen and oxygen atoms in total. The number of carbonyl (C=O) groups excluding carboxylic acids is 1. The fraction of sp³-hybridized carbons (Fsp3) is 0.667. The van der Waals surface area contributed by atoms with Crippen molar-refractivity contribution in [2.75, 3.05) is 18.1 Å². The van der Waals surface area contributed by atoms with Gasteiger partial charge in [0.05, 0.1) is 19.0 Å². The number of aromatic amines is 1. The van der Waals surface area contributed by atoms with Gasteiger partial charge in [0.25, 0.3) is 21.2 Å². The molecule has 0 aliphatic carbocycles. The number of hydrogen-bond donors (Lipinski definition) is 7. The number of hydrogen-bond acceptors (Lipinski definition) is 21. The van der Waals surface area contributed by atoms with Crippen molar-refractivity contribution >= 4 is 59.5 Å². The first-order chi connectivity index (χ1) is 20.0. The molecule has 2 fully saturated rings. The predicted octanol–water partition coefficient (Wildman–Crippen LogP) is -3.96. The van der Waals surface area contributed by atoms with Crippen LogP contribution < -0.4 is 21.1 Å². The highest BCUT2D eigenvalue weighted by Gasteiger charge is 2.47. The fourth-order valence-electron chi connectivity index (χ4n) is 4.01. The highest BCUT2D eigenvalue weighted by Crippen LogP contribution is 2.57. The quantitative estimate of drug-likeness (QED) is 0.0871. The number of nitrogens with two attached hydrogens (primary N) is 1. The maximum Gasteiger partial charge on any atom is 0.280 e. The van der Waals surface area contributed by atoms with Crippen LogP contribution in [-0.2, 0) is 36.8 Å². The van der Waals surface area contributed by atoms with Gasteiger partial charge in [-0.3, -0.25) is 32.8 Å². The summed E-state index contributed by atoms with van der Waals surface area (Å²) in [5.41, 5.74) is 4.50. The van der Waals surface area contributed by atoms with E-state index >= 15 is 0 Å². The summed E-state index contributed by atoms with van der Waals surface area (Å²) < 4.78 is 49.2. The molecule has 25 heteroatoms. The number of phosphoric acid groups is 2. The minimum Gasteiger partial charge on any atom is -0.756 e. The second-order valence-electron chi connectivity index (χ2n) is 9.07. The monoisotopic (exact) mass is 693 g/mol. The van der Waals surface area contributed by atoms with Crippen molar-refractivity contribution in [3.8, 4) is 0 Å². The number of anilines is 1. The molecule has 0 saturated carbocycles. The van der Waals surface area contributed by atoms with Gasteiger partial charge in [0.15, 0.2) is 28.8 Å². The van der Waals surface area contributed by atoms with Crippen molar-refractivity contribution in [3.05, 3.63) is 16.7 Å². The lowest BCUT2D eigenvalue weighted by Crippen LogP contribution is -2.58. The van der Waals surface area contributed by atoms with Crippen molar-refractivity contribution in [2.24, 2.45) is 0 Å². The Labute approximate surface area is 247 Å².